The quantitative estimate of drug-likeness (QED) is 0.890. The molecule has 0 aliphatic carbocycles. The maximum absolute atomic E-state index is 5.30. The molecule has 0 unspecified atom stereocenters. The van der Waals surface area contributed by atoms with E-state index in [1.165, 1.54) is 11.8 Å². The molecule has 0 saturated carbocycles. The van der Waals surface area contributed by atoms with Gasteiger partial charge in [0.15, 0.2) is 0 Å². The Kier molecular flexibility index (Phi) is 4.03. The van der Waals surface area contributed by atoms with E-state index in [0.717, 1.165) is 10.7 Å². The van der Waals surface area contributed by atoms with Crippen molar-refractivity contribution in [3.8, 4) is 6.01 Å². The van der Waals surface area contributed by atoms with Crippen LogP contribution in [0.1, 0.15) is 12.7 Å². The first-order valence-corrected chi connectivity index (χ1v) is 6.33. The lowest BCUT2D eigenvalue weighted by molar-refractivity contribution is 0.308. The van der Waals surface area contributed by atoms with Gasteiger partial charge in [0.2, 0.25) is 11.1 Å². The van der Waals surface area contributed by atoms with E-state index < -0.39 is 0 Å². The smallest absolute Gasteiger partial charge is 0.322 e. The molecular weight excluding hydrogens is 252 g/mol. The highest BCUT2D eigenvalue weighted by molar-refractivity contribution is 7.99. The van der Waals surface area contributed by atoms with Crippen molar-refractivity contribution in [2.45, 2.75) is 23.9 Å². The summed E-state index contributed by atoms with van der Waals surface area (Å²) in [5.41, 5.74) is 0. The molecule has 2 aromatic heterocycles. The minimum absolute atomic E-state index is 0.320. The van der Waals surface area contributed by atoms with Crippen LogP contribution in [0.2, 0.25) is 0 Å². The number of furan rings is 1. The molecule has 0 bridgehead atoms. The fourth-order valence-corrected chi connectivity index (χ4v) is 2.03. The van der Waals surface area contributed by atoms with Crippen molar-refractivity contribution in [3.05, 3.63) is 18.1 Å². The predicted molar refractivity (Wildman–Crippen MR) is 68.1 cm³/mol. The van der Waals surface area contributed by atoms with E-state index in [1.807, 2.05) is 19.9 Å². The van der Waals surface area contributed by atoms with Gasteiger partial charge in [-0.05, 0) is 31.7 Å². The van der Waals surface area contributed by atoms with E-state index in [0.29, 0.717) is 23.7 Å². The van der Waals surface area contributed by atoms with Crippen molar-refractivity contribution >= 4 is 17.7 Å². The molecule has 96 valence electrons. The number of hydrogen-bond acceptors (Lipinski definition) is 7. The van der Waals surface area contributed by atoms with Crippen LogP contribution in [0.5, 0.6) is 6.01 Å². The fourth-order valence-electron chi connectivity index (χ4n) is 1.27. The molecule has 0 spiro atoms. The number of hydrogen-bond donors (Lipinski definition) is 1. The summed E-state index contributed by atoms with van der Waals surface area (Å²) in [7, 11) is 1.75. The molecule has 2 rings (SSSR count). The van der Waals surface area contributed by atoms with E-state index in [2.05, 4.69) is 20.3 Å². The molecule has 0 aromatic carbocycles. The van der Waals surface area contributed by atoms with Crippen molar-refractivity contribution in [2.24, 2.45) is 0 Å². The first-order valence-electron chi connectivity index (χ1n) is 5.51. The average Bonchev–Trinajstić information content (AvgIpc) is 2.75. The van der Waals surface area contributed by atoms with E-state index in [1.54, 1.807) is 13.3 Å². The van der Waals surface area contributed by atoms with Crippen molar-refractivity contribution in [1.82, 2.24) is 15.0 Å². The average molecular weight is 266 g/mol. The molecule has 18 heavy (non-hydrogen) atoms. The number of rotatable bonds is 5. The molecule has 7 heteroatoms. The van der Waals surface area contributed by atoms with Crippen molar-refractivity contribution in [3.63, 3.8) is 0 Å². The molecule has 0 fully saturated rings. The number of aromatic nitrogens is 3. The Labute approximate surface area is 109 Å². The summed E-state index contributed by atoms with van der Waals surface area (Å²) < 4.78 is 10.5. The molecule has 0 radical (unpaired) electrons. The lowest BCUT2D eigenvalue weighted by atomic mass is 10.5. The normalized spacial score (nSPS) is 10.4. The number of nitrogens with zero attached hydrogens (tertiary/aromatic N) is 3. The first-order chi connectivity index (χ1) is 8.72. The van der Waals surface area contributed by atoms with Crippen LogP contribution in [0, 0.1) is 6.92 Å². The maximum atomic E-state index is 5.30. The van der Waals surface area contributed by atoms with Gasteiger partial charge < -0.3 is 14.5 Å². The maximum Gasteiger partial charge on any atom is 0.322 e. The molecule has 0 saturated heterocycles. The lowest BCUT2D eigenvalue weighted by Gasteiger charge is -2.05. The number of nitrogens with one attached hydrogen (secondary N) is 1. The third-order valence-electron chi connectivity index (χ3n) is 2.10. The Morgan fingerprint density at radius 1 is 1.39 bits per heavy atom. The standard InChI is InChI=1S/C11H14N4O2S/c1-4-16-10-13-9(12-3)14-11(15-10)18-8-5-6-17-7(8)2/h5-6H,4H2,1-3H3,(H,12,13,14,15). The third kappa shape index (κ3) is 2.92. The monoisotopic (exact) mass is 266 g/mol. The highest BCUT2D eigenvalue weighted by Crippen LogP contribution is 2.29. The Bertz CT molecular complexity index is 530. The highest BCUT2D eigenvalue weighted by Gasteiger charge is 2.10. The second kappa shape index (κ2) is 5.72. The van der Waals surface area contributed by atoms with Gasteiger partial charge in [-0.1, -0.05) is 0 Å². The SMILES string of the molecule is CCOc1nc(NC)nc(Sc2ccoc2C)n1. The van der Waals surface area contributed by atoms with Gasteiger partial charge in [0, 0.05) is 7.05 Å². The number of anilines is 1. The summed E-state index contributed by atoms with van der Waals surface area (Å²) in [6.45, 7) is 4.30. The molecule has 0 aliphatic rings. The van der Waals surface area contributed by atoms with Gasteiger partial charge in [0.1, 0.15) is 5.76 Å². The van der Waals surface area contributed by atoms with E-state index in [-0.39, 0.29) is 0 Å². The van der Waals surface area contributed by atoms with Gasteiger partial charge in [-0.3, -0.25) is 0 Å². The molecular formula is C11H14N4O2S. The number of ether oxygens (including phenoxy) is 1. The predicted octanol–water partition coefficient (Wildman–Crippen LogP) is 2.36. The van der Waals surface area contributed by atoms with Crippen LogP contribution in [-0.2, 0) is 0 Å². The topological polar surface area (TPSA) is 73.1 Å². The van der Waals surface area contributed by atoms with Crippen LogP contribution < -0.4 is 10.1 Å². The summed E-state index contributed by atoms with van der Waals surface area (Å²) in [6.07, 6.45) is 1.64. The van der Waals surface area contributed by atoms with E-state index >= 15 is 0 Å². The Morgan fingerprint density at radius 2 is 2.22 bits per heavy atom. The van der Waals surface area contributed by atoms with Crippen LogP contribution in [-0.4, -0.2) is 28.6 Å². The second-order valence-corrected chi connectivity index (χ2v) is 4.36. The van der Waals surface area contributed by atoms with E-state index in [4.69, 9.17) is 9.15 Å². The van der Waals surface area contributed by atoms with Gasteiger partial charge in [-0.25, -0.2) is 0 Å². The first kappa shape index (κ1) is 12.7. The van der Waals surface area contributed by atoms with Gasteiger partial charge in [0.25, 0.3) is 0 Å². The van der Waals surface area contributed by atoms with Gasteiger partial charge in [-0.2, -0.15) is 15.0 Å². The summed E-state index contributed by atoms with van der Waals surface area (Å²) in [5, 5.41) is 3.45. The molecule has 0 atom stereocenters. The van der Waals surface area contributed by atoms with Crippen LogP contribution in [0.15, 0.2) is 26.8 Å². The van der Waals surface area contributed by atoms with Crippen molar-refractivity contribution in [1.29, 1.82) is 0 Å². The minimum Gasteiger partial charge on any atom is -0.468 e. The molecule has 1 N–H and O–H groups in total. The lowest BCUT2D eigenvalue weighted by Crippen LogP contribution is -2.04. The van der Waals surface area contributed by atoms with Crippen molar-refractivity contribution < 1.29 is 9.15 Å². The zero-order valence-electron chi connectivity index (χ0n) is 10.4. The summed E-state index contributed by atoms with van der Waals surface area (Å²) >= 11 is 1.41. The third-order valence-corrected chi connectivity index (χ3v) is 3.11. The van der Waals surface area contributed by atoms with Gasteiger partial charge in [-0.15, -0.1) is 0 Å². The summed E-state index contributed by atoms with van der Waals surface area (Å²) in [4.78, 5) is 13.6. The highest BCUT2D eigenvalue weighted by atomic mass is 32.2. The Balaban J connectivity index is 2.26. The van der Waals surface area contributed by atoms with Crippen LogP contribution in [0.3, 0.4) is 0 Å². The van der Waals surface area contributed by atoms with Crippen LogP contribution in [0.4, 0.5) is 5.95 Å². The van der Waals surface area contributed by atoms with Gasteiger partial charge >= 0.3 is 6.01 Å². The molecule has 2 aromatic rings. The van der Waals surface area contributed by atoms with Crippen LogP contribution in [0.25, 0.3) is 0 Å². The molecule has 0 amide bonds. The molecule has 6 nitrogen and oxygen atoms in total. The zero-order chi connectivity index (χ0) is 13.0. The summed E-state index contributed by atoms with van der Waals surface area (Å²) in [6, 6.07) is 2.20. The number of aryl methyl sites for hydroxylation is 1. The second-order valence-electron chi connectivity index (χ2n) is 3.35. The summed E-state index contributed by atoms with van der Waals surface area (Å²) in [5.74, 6) is 1.32. The Hall–Kier alpha value is -1.76. The van der Waals surface area contributed by atoms with E-state index in [9.17, 15) is 0 Å². The van der Waals surface area contributed by atoms with Crippen molar-refractivity contribution in [2.75, 3.05) is 19.0 Å². The molecule has 0 aliphatic heterocycles. The van der Waals surface area contributed by atoms with Gasteiger partial charge in [0.05, 0.1) is 17.8 Å². The fraction of sp³-hybridized carbons (Fsp3) is 0.364. The Morgan fingerprint density at radius 3 is 2.83 bits per heavy atom. The largest absolute Gasteiger partial charge is 0.468 e. The van der Waals surface area contributed by atoms with Crippen LogP contribution >= 0.6 is 11.8 Å². The molecule has 2 heterocycles. The minimum atomic E-state index is 0.320. The zero-order valence-corrected chi connectivity index (χ0v) is 11.2.